The lowest BCUT2D eigenvalue weighted by atomic mass is 10.1. The highest BCUT2D eigenvalue weighted by molar-refractivity contribution is 5.39. The molecule has 1 aromatic rings. The average Bonchev–Trinajstić information content (AvgIpc) is 2.75. The van der Waals surface area contributed by atoms with Crippen LogP contribution in [0.25, 0.3) is 0 Å². The summed E-state index contributed by atoms with van der Waals surface area (Å²) in [4.78, 5) is 0. The summed E-state index contributed by atoms with van der Waals surface area (Å²) < 4.78 is 5.50. The van der Waals surface area contributed by atoms with E-state index < -0.39 is 0 Å². The summed E-state index contributed by atoms with van der Waals surface area (Å²) in [5, 5.41) is 12.7. The van der Waals surface area contributed by atoms with Crippen molar-refractivity contribution >= 4 is 0 Å². The molecule has 0 saturated carbocycles. The van der Waals surface area contributed by atoms with Crippen molar-refractivity contribution in [2.75, 3.05) is 13.2 Å². The van der Waals surface area contributed by atoms with Gasteiger partial charge < -0.3 is 15.2 Å². The first-order valence-corrected chi connectivity index (χ1v) is 6.81. The molecule has 0 fully saturated rings. The zero-order valence-corrected chi connectivity index (χ0v) is 11.3. The third-order valence-electron chi connectivity index (χ3n) is 3.36. The molecule has 0 aromatic heterocycles. The molecule has 2 unspecified atom stereocenters. The topological polar surface area (TPSA) is 41.5 Å². The number of nitrogens with one attached hydrogen (secondary N) is 1. The Labute approximate surface area is 109 Å². The van der Waals surface area contributed by atoms with E-state index in [1.54, 1.807) is 0 Å². The zero-order valence-electron chi connectivity index (χ0n) is 11.3. The number of fused-ring (bicyclic) bond motifs is 1. The molecule has 0 aliphatic carbocycles. The van der Waals surface area contributed by atoms with Gasteiger partial charge in [-0.3, -0.25) is 0 Å². The molecule has 0 amide bonds. The predicted molar refractivity (Wildman–Crippen MR) is 73.1 cm³/mol. The molecule has 2 atom stereocenters. The van der Waals surface area contributed by atoms with Crippen molar-refractivity contribution in [3.63, 3.8) is 0 Å². The van der Waals surface area contributed by atoms with E-state index in [0.717, 1.165) is 38.2 Å². The number of rotatable bonds is 6. The van der Waals surface area contributed by atoms with Gasteiger partial charge in [0.25, 0.3) is 0 Å². The first-order valence-electron chi connectivity index (χ1n) is 6.81. The van der Waals surface area contributed by atoms with Crippen LogP contribution in [-0.2, 0) is 12.8 Å². The highest BCUT2D eigenvalue weighted by Crippen LogP contribution is 2.25. The van der Waals surface area contributed by atoms with Crippen LogP contribution in [0.1, 0.15) is 31.4 Å². The Kier molecular flexibility index (Phi) is 4.61. The van der Waals surface area contributed by atoms with E-state index in [2.05, 4.69) is 30.4 Å². The van der Waals surface area contributed by atoms with Crippen LogP contribution in [0.3, 0.4) is 0 Å². The van der Waals surface area contributed by atoms with Gasteiger partial charge in [-0.2, -0.15) is 0 Å². The monoisotopic (exact) mass is 249 g/mol. The number of aliphatic hydroxyl groups is 1. The lowest BCUT2D eigenvalue weighted by Crippen LogP contribution is -2.30. The van der Waals surface area contributed by atoms with Crippen molar-refractivity contribution in [1.82, 2.24) is 5.32 Å². The zero-order chi connectivity index (χ0) is 13.0. The Morgan fingerprint density at radius 2 is 2.22 bits per heavy atom. The van der Waals surface area contributed by atoms with Gasteiger partial charge in [-0.05, 0) is 50.4 Å². The van der Waals surface area contributed by atoms with E-state index in [0.29, 0.717) is 6.04 Å². The van der Waals surface area contributed by atoms with Crippen molar-refractivity contribution < 1.29 is 9.84 Å². The maximum absolute atomic E-state index is 9.29. The van der Waals surface area contributed by atoms with Crippen LogP contribution < -0.4 is 10.1 Å². The fourth-order valence-corrected chi connectivity index (χ4v) is 2.45. The third kappa shape index (κ3) is 3.72. The number of ether oxygens (including phenoxy) is 1. The van der Waals surface area contributed by atoms with Crippen LogP contribution in [0.5, 0.6) is 5.75 Å². The number of hydrogen-bond acceptors (Lipinski definition) is 3. The lowest BCUT2D eigenvalue weighted by molar-refractivity contribution is 0.171. The minimum atomic E-state index is -0.232. The molecule has 3 heteroatoms. The molecular formula is C15H23NO2. The van der Waals surface area contributed by atoms with Crippen LogP contribution in [0, 0.1) is 0 Å². The Hall–Kier alpha value is -1.06. The molecule has 1 aromatic carbocycles. The van der Waals surface area contributed by atoms with Gasteiger partial charge in [0.2, 0.25) is 0 Å². The Morgan fingerprint density at radius 3 is 3.00 bits per heavy atom. The quantitative estimate of drug-likeness (QED) is 0.809. The molecule has 1 aliphatic heterocycles. The Balaban J connectivity index is 1.77. The normalized spacial score (nSPS) is 17.1. The lowest BCUT2D eigenvalue weighted by Gasteiger charge is -2.15. The fourth-order valence-electron chi connectivity index (χ4n) is 2.45. The molecule has 2 N–H and O–H groups in total. The van der Waals surface area contributed by atoms with Crippen molar-refractivity contribution in [3.8, 4) is 5.75 Å². The Morgan fingerprint density at radius 1 is 1.39 bits per heavy atom. The van der Waals surface area contributed by atoms with Gasteiger partial charge in [0.15, 0.2) is 0 Å². The summed E-state index contributed by atoms with van der Waals surface area (Å²) in [7, 11) is 0. The second-order valence-electron chi connectivity index (χ2n) is 5.23. The van der Waals surface area contributed by atoms with Gasteiger partial charge >= 0.3 is 0 Å². The van der Waals surface area contributed by atoms with Crippen LogP contribution >= 0.6 is 0 Å². The highest BCUT2D eigenvalue weighted by Gasteiger charge is 2.12. The van der Waals surface area contributed by atoms with Gasteiger partial charge in [0.1, 0.15) is 5.75 Å². The van der Waals surface area contributed by atoms with E-state index in [1.165, 1.54) is 11.1 Å². The molecule has 0 spiro atoms. The summed E-state index contributed by atoms with van der Waals surface area (Å²) in [5.74, 6) is 1.05. The molecule has 0 radical (unpaired) electrons. The van der Waals surface area contributed by atoms with E-state index in [1.807, 2.05) is 6.92 Å². The second-order valence-corrected chi connectivity index (χ2v) is 5.23. The van der Waals surface area contributed by atoms with Gasteiger partial charge in [0, 0.05) is 12.5 Å². The number of aliphatic hydroxyl groups excluding tert-OH is 1. The minimum absolute atomic E-state index is 0.232. The molecule has 2 rings (SSSR count). The van der Waals surface area contributed by atoms with Gasteiger partial charge in [-0.1, -0.05) is 12.1 Å². The highest BCUT2D eigenvalue weighted by atomic mass is 16.5. The molecule has 18 heavy (non-hydrogen) atoms. The van der Waals surface area contributed by atoms with Crippen molar-refractivity contribution in [2.45, 2.75) is 45.3 Å². The summed E-state index contributed by atoms with van der Waals surface area (Å²) in [5.41, 5.74) is 2.69. The van der Waals surface area contributed by atoms with Crippen LogP contribution in [0.2, 0.25) is 0 Å². The summed E-state index contributed by atoms with van der Waals surface area (Å²) in [6.45, 7) is 5.72. The van der Waals surface area contributed by atoms with E-state index >= 15 is 0 Å². The fraction of sp³-hybridized carbons (Fsp3) is 0.600. The molecule has 0 saturated heterocycles. The molecule has 3 nitrogen and oxygen atoms in total. The Bertz CT molecular complexity index is 390. The largest absolute Gasteiger partial charge is 0.493 e. The predicted octanol–water partition coefficient (Wildman–Crippen LogP) is 1.91. The van der Waals surface area contributed by atoms with Gasteiger partial charge in [-0.15, -0.1) is 0 Å². The van der Waals surface area contributed by atoms with E-state index in [9.17, 15) is 5.11 Å². The molecule has 100 valence electrons. The SMILES string of the molecule is CC(O)CC(C)NCCc1ccc2c(c1)CCO2. The second kappa shape index (κ2) is 6.21. The van der Waals surface area contributed by atoms with E-state index in [-0.39, 0.29) is 6.10 Å². The van der Waals surface area contributed by atoms with Crippen LogP contribution in [0.4, 0.5) is 0 Å². The van der Waals surface area contributed by atoms with Crippen molar-refractivity contribution in [3.05, 3.63) is 29.3 Å². The molecular weight excluding hydrogens is 226 g/mol. The maximum atomic E-state index is 9.29. The van der Waals surface area contributed by atoms with Crippen molar-refractivity contribution in [2.24, 2.45) is 0 Å². The summed E-state index contributed by atoms with van der Waals surface area (Å²) in [6, 6.07) is 6.84. The summed E-state index contributed by atoms with van der Waals surface area (Å²) in [6.07, 6.45) is 2.63. The molecule has 0 bridgehead atoms. The van der Waals surface area contributed by atoms with Gasteiger partial charge in [-0.25, -0.2) is 0 Å². The third-order valence-corrected chi connectivity index (χ3v) is 3.36. The molecule has 1 aliphatic rings. The smallest absolute Gasteiger partial charge is 0.122 e. The first kappa shape index (κ1) is 13.4. The minimum Gasteiger partial charge on any atom is -0.493 e. The van der Waals surface area contributed by atoms with Crippen molar-refractivity contribution in [1.29, 1.82) is 0 Å². The van der Waals surface area contributed by atoms with E-state index in [4.69, 9.17) is 4.74 Å². The standard InChI is InChI=1S/C15H23NO2/c1-11(9-12(2)17)16-7-5-13-3-4-15-14(10-13)6-8-18-15/h3-4,10-12,16-17H,5-9H2,1-2H3. The van der Waals surface area contributed by atoms with Crippen LogP contribution in [0.15, 0.2) is 18.2 Å². The average molecular weight is 249 g/mol. The van der Waals surface area contributed by atoms with Crippen LogP contribution in [-0.4, -0.2) is 30.4 Å². The number of benzene rings is 1. The molecule has 1 heterocycles. The first-order chi connectivity index (χ1) is 8.65. The van der Waals surface area contributed by atoms with Gasteiger partial charge in [0.05, 0.1) is 12.7 Å². The summed E-state index contributed by atoms with van der Waals surface area (Å²) >= 11 is 0. The number of hydrogen-bond donors (Lipinski definition) is 2. The maximum Gasteiger partial charge on any atom is 0.122 e.